The molecule has 1 aliphatic rings. The summed E-state index contributed by atoms with van der Waals surface area (Å²) in [6.07, 6.45) is 1.09. The zero-order valence-corrected chi connectivity index (χ0v) is 8.94. The predicted octanol–water partition coefficient (Wildman–Crippen LogP) is 1.79. The van der Waals surface area contributed by atoms with Gasteiger partial charge in [-0.15, -0.1) is 0 Å². The minimum absolute atomic E-state index is 0.195. The average Bonchev–Trinajstić information content (AvgIpc) is 2.76. The van der Waals surface area contributed by atoms with Crippen LogP contribution in [0.3, 0.4) is 0 Å². The van der Waals surface area contributed by atoms with Crippen LogP contribution in [0.2, 0.25) is 0 Å². The third kappa shape index (κ3) is 2.57. The molecule has 1 aromatic rings. The van der Waals surface area contributed by atoms with Gasteiger partial charge < -0.3 is 10.2 Å². The van der Waals surface area contributed by atoms with Gasteiger partial charge in [0.1, 0.15) is 6.10 Å². The van der Waals surface area contributed by atoms with Gasteiger partial charge in [0.05, 0.1) is 5.71 Å². The van der Waals surface area contributed by atoms with Crippen LogP contribution in [0, 0.1) is 0 Å². The first-order chi connectivity index (χ1) is 7.40. The van der Waals surface area contributed by atoms with Gasteiger partial charge in [0, 0.05) is 13.0 Å². The molecule has 3 nitrogen and oxygen atoms in total. The minimum atomic E-state index is 0.195. The van der Waals surface area contributed by atoms with Crippen molar-refractivity contribution in [3.05, 3.63) is 35.9 Å². The first-order valence-corrected chi connectivity index (χ1v) is 5.39. The van der Waals surface area contributed by atoms with E-state index in [1.54, 1.807) is 0 Å². The molecular weight excluding hydrogens is 188 g/mol. The summed E-state index contributed by atoms with van der Waals surface area (Å²) in [5.74, 6) is 0. The molecule has 1 heterocycles. The molecule has 15 heavy (non-hydrogen) atoms. The van der Waals surface area contributed by atoms with Crippen molar-refractivity contribution >= 4 is 5.71 Å². The standard InChI is InChI=1S/C12H16N2O/c1-2-13-9-11-8-12(14-15-11)10-6-4-3-5-7-10/h3-7,11,13H,2,8-9H2,1H3. The van der Waals surface area contributed by atoms with Crippen molar-refractivity contribution in [2.75, 3.05) is 13.1 Å². The number of likely N-dealkylation sites (N-methyl/N-ethyl adjacent to an activating group) is 1. The summed E-state index contributed by atoms with van der Waals surface area (Å²) < 4.78 is 0. The van der Waals surface area contributed by atoms with Crippen LogP contribution < -0.4 is 5.32 Å². The molecule has 1 unspecified atom stereocenters. The Labute approximate surface area is 90.1 Å². The fourth-order valence-corrected chi connectivity index (χ4v) is 1.64. The molecule has 0 saturated heterocycles. The summed E-state index contributed by atoms with van der Waals surface area (Å²) in [5, 5.41) is 7.38. The van der Waals surface area contributed by atoms with Gasteiger partial charge >= 0.3 is 0 Å². The lowest BCUT2D eigenvalue weighted by molar-refractivity contribution is 0.0855. The molecule has 0 amide bonds. The third-order valence-electron chi connectivity index (χ3n) is 2.46. The SMILES string of the molecule is CCNCC1CC(c2ccccc2)=NO1. The molecule has 1 aliphatic heterocycles. The molecule has 0 aliphatic carbocycles. The Hall–Kier alpha value is -1.35. The van der Waals surface area contributed by atoms with Crippen molar-refractivity contribution in [3.8, 4) is 0 Å². The van der Waals surface area contributed by atoms with Crippen molar-refractivity contribution in [1.82, 2.24) is 5.32 Å². The van der Waals surface area contributed by atoms with Gasteiger partial charge in [-0.1, -0.05) is 42.4 Å². The minimum Gasteiger partial charge on any atom is -0.390 e. The molecule has 0 saturated carbocycles. The smallest absolute Gasteiger partial charge is 0.145 e. The summed E-state index contributed by atoms with van der Waals surface area (Å²) in [7, 11) is 0. The number of oxime groups is 1. The Kier molecular flexibility index (Phi) is 3.35. The van der Waals surface area contributed by atoms with Crippen LogP contribution in [0.5, 0.6) is 0 Å². The normalized spacial score (nSPS) is 19.8. The molecule has 1 atom stereocenters. The van der Waals surface area contributed by atoms with Crippen LogP contribution in [0.4, 0.5) is 0 Å². The average molecular weight is 204 g/mol. The van der Waals surface area contributed by atoms with Crippen LogP contribution in [-0.2, 0) is 4.84 Å². The zero-order valence-electron chi connectivity index (χ0n) is 8.94. The van der Waals surface area contributed by atoms with Crippen molar-refractivity contribution in [1.29, 1.82) is 0 Å². The first kappa shape index (κ1) is 10.2. The number of rotatable bonds is 4. The van der Waals surface area contributed by atoms with E-state index in [2.05, 4.69) is 29.5 Å². The summed E-state index contributed by atoms with van der Waals surface area (Å²) in [6.45, 7) is 3.94. The molecule has 0 bridgehead atoms. The maximum absolute atomic E-state index is 5.35. The van der Waals surface area contributed by atoms with E-state index in [0.717, 1.165) is 30.8 Å². The second-order valence-corrected chi connectivity index (χ2v) is 3.64. The largest absolute Gasteiger partial charge is 0.390 e. The quantitative estimate of drug-likeness (QED) is 0.811. The Morgan fingerprint density at radius 3 is 2.93 bits per heavy atom. The van der Waals surface area contributed by atoms with Crippen molar-refractivity contribution < 1.29 is 4.84 Å². The van der Waals surface area contributed by atoms with Gasteiger partial charge in [-0.2, -0.15) is 0 Å². The summed E-state index contributed by atoms with van der Waals surface area (Å²) >= 11 is 0. The molecule has 1 aromatic carbocycles. The van der Waals surface area contributed by atoms with Gasteiger partial charge in [-0.3, -0.25) is 0 Å². The number of benzene rings is 1. The fourth-order valence-electron chi connectivity index (χ4n) is 1.64. The Balaban J connectivity index is 1.92. The molecule has 0 aromatic heterocycles. The van der Waals surface area contributed by atoms with E-state index >= 15 is 0 Å². The lowest BCUT2D eigenvalue weighted by Crippen LogP contribution is -2.26. The molecule has 2 rings (SSSR count). The van der Waals surface area contributed by atoms with Crippen molar-refractivity contribution in [2.24, 2.45) is 5.16 Å². The van der Waals surface area contributed by atoms with Crippen LogP contribution in [0.25, 0.3) is 0 Å². The van der Waals surface area contributed by atoms with E-state index in [-0.39, 0.29) is 6.10 Å². The van der Waals surface area contributed by atoms with Gasteiger partial charge in [0.2, 0.25) is 0 Å². The molecule has 0 radical (unpaired) electrons. The van der Waals surface area contributed by atoms with E-state index in [1.165, 1.54) is 0 Å². The monoisotopic (exact) mass is 204 g/mol. The summed E-state index contributed by atoms with van der Waals surface area (Å²) in [5.41, 5.74) is 2.22. The molecule has 80 valence electrons. The number of nitrogens with one attached hydrogen (secondary N) is 1. The van der Waals surface area contributed by atoms with Gasteiger partial charge in [0.15, 0.2) is 0 Å². The van der Waals surface area contributed by atoms with Crippen LogP contribution >= 0.6 is 0 Å². The second kappa shape index (κ2) is 4.94. The van der Waals surface area contributed by atoms with E-state index in [9.17, 15) is 0 Å². The van der Waals surface area contributed by atoms with E-state index in [1.807, 2.05) is 18.2 Å². The molecular formula is C12H16N2O. The van der Waals surface area contributed by atoms with Gasteiger partial charge in [0.25, 0.3) is 0 Å². The number of hydrogen-bond acceptors (Lipinski definition) is 3. The fraction of sp³-hybridized carbons (Fsp3) is 0.417. The topological polar surface area (TPSA) is 33.6 Å². The molecule has 1 N–H and O–H groups in total. The van der Waals surface area contributed by atoms with Crippen molar-refractivity contribution in [3.63, 3.8) is 0 Å². The van der Waals surface area contributed by atoms with E-state index in [0.29, 0.717) is 0 Å². The molecule has 0 fully saturated rings. The highest BCUT2D eigenvalue weighted by molar-refractivity contribution is 6.01. The number of nitrogens with zero attached hydrogens (tertiary/aromatic N) is 1. The lowest BCUT2D eigenvalue weighted by atomic mass is 10.1. The Morgan fingerprint density at radius 2 is 2.20 bits per heavy atom. The zero-order chi connectivity index (χ0) is 10.5. The third-order valence-corrected chi connectivity index (χ3v) is 2.46. The summed E-state index contributed by atoms with van der Waals surface area (Å²) in [6, 6.07) is 10.2. The van der Waals surface area contributed by atoms with Crippen LogP contribution in [-0.4, -0.2) is 24.9 Å². The second-order valence-electron chi connectivity index (χ2n) is 3.64. The highest BCUT2D eigenvalue weighted by Gasteiger charge is 2.21. The molecule has 0 spiro atoms. The van der Waals surface area contributed by atoms with Gasteiger partial charge in [-0.05, 0) is 12.1 Å². The highest BCUT2D eigenvalue weighted by Crippen LogP contribution is 2.15. The van der Waals surface area contributed by atoms with E-state index in [4.69, 9.17) is 4.84 Å². The Morgan fingerprint density at radius 1 is 1.40 bits per heavy atom. The lowest BCUT2D eigenvalue weighted by Gasteiger charge is -2.07. The predicted molar refractivity (Wildman–Crippen MR) is 61.0 cm³/mol. The first-order valence-electron chi connectivity index (χ1n) is 5.39. The van der Waals surface area contributed by atoms with Crippen LogP contribution in [0.1, 0.15) is 18.9 Å². The van der Waals surface area contributed by atoms with Crippen LogP contribution in [0.15, 0.2) is 35.5 Å². The van der Waals surface area contributed by atoms with Gasteiger partial charge in [-0.25, -0.2) is 0 Å². The van der Waals surface area contributed by atoms with E-state index < -0.39 is 0 Å². The number of hydrogen-bond donors (Lipinski definition) is 1. The molecule has 3 heteroatoms. The maximum atomic E-state index is 5.35. The Bertz CT molecular complexity index is 335. The highest BCUT2D eigenvalue weighted by atomic mass is 16.6. The van der Waals surface area contributed by atoms with Crippen molar-refractivity contribution in [2.45, 2.75) is 19.4 Å². The maximum Gasteiger partial charge on any atom is 0.145 e. The summed E-state index contributed by atoms with van der Waals surface area (Å²) in [4.78, 5) is 5.35.